The number of sulfone groups is 1. The van der Waals surface area contributed by atoms with Gasteiger partial charge in [-0.1, -0.05) is 13.0 Å². The highest BCUT2D eigenvalue weighted by molar-refractivity contribution is 7.91. The molecule has 2 rings (SSSR count). The van der Waals surface area contributed by atoms with Crippen LogP contribution in [0.2, 0.25) is 0 Å². The van der Waals surface area contributed by atoms with Crippen LogP contribution in [0.3, 0.4) is 0 Å². The number of aromatic nitrogens is 2. The smallest absolute Gasteiger partial charge is 0.150 e. The van der Waals surface area contributed by atoms with Gasteiger partial charge in [-0.05, 0) is 25.0 Å². The second-order valence-electron chi connectivity index (χ2n) is 4.53. The molecule has 1 unspecified atom stereocenters. The summed E-state index contributed by atoms with van der Waals surface area (Å²) in [4.78, 5) is 4.31. The lowest BCUT2D eigenvalue weighted by Crippen LogP contribution is -2.10. The number of aliphatic hydroxyl groups excluding tert-OH is 1. The first-order valence-electron chi connectivity index (χ1n) is 6.34. The zero-order valence-corrected chi connectivity index (χ0v) is 11.7. The fourth-order valence-corrected chi connectivity index (χ4v) is 2.80. The maximum atomic E-state index is 11.4. The number of hydrogen-bond acceptors (Lipinski definition) is 4. The number of pyridine rings is 1. The number of imidazole rings is 1. The van der Waals surface area contributed by atoms with Gasteiger partial charge in [-0.3, -0.25) is 0 Å². The van der Waals surface area contributed by atoms with Crippen LogP contribution in [0.5, 0.6) is 0 Å². The predicted molar refractivity (Wildman–Crippen MR) is 73.7 cm³/mol. The minimum absolute atomic E-state index is 0.119. The van der Waals surface area contributed by atoms with Gasteiger partial charge in [0.1, 0.15) is 15.5 Å². The summed E-state index contributed by atoms with van der Waals surface area (Å²) in [7, 11) is -2.96. The highest BCUT2D eigenvalue weighted by atomic mass is 32.2. The molecule has 0 bridgehead atoms. The second kappa shape index (κ2) is 5.71. The zero-order valence-electron chi connectivity index (χ0n) is 10.9. The van der Waals surface area contributed by atoms with Crippen molar-refractivity contribution in [2.45, 2.75) is 25.9 Å². The highest BCUT2D eigenvalue weighted by Gasteiger charge is 2.14. The summed E-state index contributed by atoms with van der Waals surface area (Å²) >= 11 is 0. The van der Waals surface area contributed by atoms with Gasteiger partial charge >= 0.3 is 0 Å². The van der Waals surface area contributed by atoms with Crippen molar-refractivity contribution in [3.63, 3.8) is 0 Å². The Morgan fingerprint density at radius 2 is 2.21 bits per heavy atom. The molecule has 19 heavy (non-hydrogen) atoms. The standard InChI is InChI=1S/C13H18N2O3S/c1-2-19(17,18)9-5-6-12(16)11-10-15-8-4-3-7-13(15)14-11/h3-4,7-8,10,12,16H,2,5-6,9H2,1H3. The van der Waals surface area contributed by atoms with Crippen LogP contribution >= 0.6 is 0 Å². The van der Waals surface area contributed by atoms with E-state index in [9.17, 15) is 13.5 Å². The first kappa shape index (κ1) is 14.0. The van der Waals surface area contributed by atoms with Gasteiger partial charge in [0.2, 0.25) is 0 Å². The quantitative estimate of drug-likeness (QED) is 0.873. The van der Waals surface area contributed by atoms with E-state index in [0.717, 1.165) is 5.65 Å². The van der Waals surface area contributed by atoms with Crippen molar-refractivity contribution >= 4 is 15.5 Å². The summed E-state index contributed by atoms with van der Waals surface area (Å²) in [5.41, 5.74) is 1.36. The molecule has 0 aliphatic heterocycles. The lowest BCUT2D eigenvalue weighted by molar-refractivity contribution is 0.162. The molecule has 0 aromatic carbocycles. The van der Waals surface area contributed by atoms with Crippen molar-refractivity contribution in [1.29, 1.82) is 0 Å². The molecule has 2 aromatic rings. The minimum Gasteiger partial charge on any atom is -0.387 e. The average Bonchev–Trinajstić information content (AvgIpc) is 2.82. The van der Waals surface area contributed by atoms with Gasteiger partial charge in [-0.15, -0.1) is 0 Å². The van der Waals surface area contributed by atoms with Gasteiger partial charge in [0.15, 0.2) is 0 Å². The van der Waals surface area contributed by atoms with Crippen LogP contribution in [0.25, 0.3) is 5.65 Å². The van der Waals surface area contributed by atoms with Crippen LogP contribution in [0, 0.1) is 0 Å². The lowest BCUT2D eigenvalue weighted by atomic mass is 10.2. The molecule has 2 aromatic heterocycles. The van der Waals surface area contributed by atoms with Crippen molar-refractivity contribution in [2.24, 2.45) is 0 Å². The van der Waals surface area contributed by atoms with E-state index in [2.05, 4.69) is 4.98 Å². The predicted octanol–water partition coefficient (Wildman–Crippen LogP) is 1.58. The maximum absolute atomic E-state index is 11.4. The van der Waals surface area contributed by atoms with Gasteiger partial charge in [-0.25, -0.2) is 13.4 Å². The fraction of sp³-hybridized carbons (Fsp3) is 0.462. The molecular weight excluding hydrogens is 264 g/mol. The third-order valence-electron chi connectivity index (χ3n) is 3.10. The summed E-state index contributed by atoms with van der Waals surface area (Å²) in [6, 6.07) is 5.63. The van der Waals surface area contributed by atoms with Gasteiger partial charge in [0.25, 0.3) is 0 Å². The number of aliphatic hydroxyl groups is 1. The monoisotopic (exact) mass is 282 g/mol. The summed E-state index contributed by atoms with van der Waals surface area (Å²) in [5, 5.41) is 10.0. The molecule has 2 heterocycles. The molecule has 0 amide bonds. The van der Waals surface area contributed by atoms with Gasteiger partial charge in [0, 0.05) is 18.1 Å². The van der Waals surface area contributed by atoms with E-state index in [4.69, 9.17) is 0 Å². The lowest BCUT2D eigenvalue weighted by Gasteiger charge is -2.07. The third kappa shape index (κ3) is 3.54. The Morgan fingerprint density at radius 3 is 2.89 bits per heavy atom. The minimum atomic E-state index is -2.96. The van der Waals surface area contributed by atoms with Crippen molar-refractivity contribution in [3.05, 3.63) is 36.3 Å². The molecule has 104 valence electrons. The molecule has 6 heteroatoms. The topological polar surface area (TPSA) is 71.7 Å². The molecule has 0 fully saturated rings. The van der Waals surface area contributed by atoms with Crippen molar-refractivity contribution < 1.29 is 13.5 Å². The number of rotatable bonds is 6. The molecule has 0 radical (unpaired) electrons. The fourth-order valence-electron chi connectivity index (χ4n) is 1.90. The Balaban J connectivity index is 1.98. The van der Waals surface area contributed by atoms with Gasteiger partial charge in [0.05, 0.1) is 17.6 Å². The van der Waals surface area contributed by atoms with E-state index >= 15 is 0 Å². The summed E-state index contributed by atoms with van der Waals surface area (Å²) in [6.45, 7) is 1.63. The maximum Gasteiger partial charge on any atom is 0.150 e. The van der Waals surface area contributed by atoms with Crippen LogP contribution in [0.1, 0.15) is 31.6 Å². The molecule has 0 saturated carbocycles. The normalized spacial score (nSPS) is 13.8. The summed E-state index contributed by atoms with van der Waals surface area (Å²) < 4.78 is 24.5. The SMILES string of the molecule is CCS(=O)(=O)CCCC(O)c1cn2ccccc2n1. The van der Waals surface area contributed by atoms with E-state index in [1.165, 1.54) is 0 Å². The van der Waals surface area contributed by atoms with E-state index < -0.39 is 15.9 Å². The Labute approximate surface area is 112 Å². The van der Waals surface area contributed by atoms with Crippen LogP contribution in [-0.2, 0) is 9.84 Å². The van der Waals surface area contributed by atoms with Crippen LogP contribution in [-0.4, -0.2) is 34.4 Å². The largest absolute Gasteiger partial charge is 0.387 e. The molecule has 0 aliphatic carbocycles. The number of nitrogens with zero attached hydrogens (tertiary/aromatic N) is 2. The Hall–Kier alpha value is -1.40. The van der Waals surface area contributed by atoms with Crippen molar-refractivity contribution in [2.75, 3.05) is 11.5 Å². The van der Waals surface area contributed by atoms with E-state index in [0.29, 0.717) is 18.5 Å². The van der Waals surface area contributed by atoms with Gasteiger partial charge in [-0.2, -0.15) is 0 Å². The first-order chi connectivity index (χ1) is 9.02. The van der Waals surface area contributed by atoms with Crippen LogP contribution in [0.4, 0.5) is 0 Å². The van der Waals surface area contributed by atoms with Gasteiger partial charge < -0.3 is 9.51 Å². The molecule has 0 aliphatic rings. The van der Waals surface area contributed by atoms with E-state index in [1.54, 1.807) is 13.1 Å². The molecular formula is C13H18N2O3S. The summed E-state index contributed by atoms with van der Waals surface area (Å²) in [6.07, 6.45) is 3.77. The molecule has 5 nitrogen and oxygen atoms in total. The molecule has 0 spiro atoms. The third-order valence-corrected chi connectivity index (χ3v) is 4.89. The second-order valence-corrected chi connectivity index (χ2v) is 7.00. The Kier molecular flexibility index (Phi) is 4.21. The number of hydrogen-bond donors (Lipinski definition) is 1. The van der Waals surface area contributed by atoms with Crippen LogP contribution < -0.4 is 0 Å². The molecule has 1 atom stereocenters. The highest BCUT2D eigenvalue weighted by Crippen LogP contribution is 2.18. The first-order valence-corrected chi connectivity index (χ1v) is 8.16. The number of fused-ring (bicyclic) bond motifs is 1. The molecule has 0 saturated heterocycles. The zero-order chi connectivity index (χ0) is 13.9. The van der Waals surface area contributed by atoms with E-state index in [1.807, 2.05) is 28.8 Å². The van der Waals surface area contributed by atoms with Crippen molar-refractivity contribution in [1.82, 2.24) is 9.38 Å². The van der Waals surface area contributed by atoms with Crippen molar-refractivity contribution in [3.8, 4) is 0 Å². The van der Waals surface area contributed by atoms with Crippen LogP contribution in [0.15, 0.2) is 30.6 Å². The summed E-state index contributed by atoms with van der Waals surface area (Å²) in [5.74, 6) is 0.269. The van der Waals surface area contributed by atoms with E-state index in [-0.39, 0.29) is 11.5 Å². The average molecular weight is 282 g/mol. The molecule has 1 N–H and O–H groups in total. The Morgan fingerprint density at radius 1 is 1.42 bits per heavy atom. The Bertz CT molecular complexity index is 616.